The Hall–Kier alpha value is -0.960. The van der Waals surface area contributed by atoms with Crippen molar-refractivity contribution in [2.45, 2.75) is 6.42 Å². The topological polar surface area (TPSA) is 44.9 Å². The Bertz CT molecular complexity index is 305. The standard InChI is InChI=1S/C7H7ClN2O/c8-4-3-10-5-1-2-9-7(11)6(4)5/h3,10H,1-2H2,(H,9,11). The normalized spacial score (nSPS) is 15.9. The molecule has 11 heavy (non-hydrogen) atoms. The van der Waals surface area contributed by atoms with E-state index >= 15 is 0 Å². The van der Waals surface area contributed by atoms with Crippen LogP contribution in [0.3, 0.4) is 0 Å². The van der Waals surface area contributed by atoms with Gasteiger partial charge in [-0.1, -0.05) is 11.6 Å². The molecule has 1 aromatic heterocycles. The Balaban J connectivity index is 2.56. The second-order valence-corrected chi connectivity index (χ2v) is 2.90. The molecule has 0 bridgehead atoms. The highest BCUT2D eigenvalue weighted by atomic mass is 35.5. The van der Waals surface area contributed by atoms with Crippen molar-refractivity contribution in [3.05, 3.63) is 22.5 Å². The van der Waals surface area contributed by atoms with Gasteiger partial charge < -0.3 is 10.3 Å². The summed E-state index contributed by atoms with van der Waals surface area (Å²) in [5.41, 5.74) is 1.55. The zero-order valence-electron chi connectivity index (χ0n) is 5.78. The van der Waals surface area contributed by atoms with Gasteiger partial charge in [0.2, 0.25) is 0 Å². The lowest BCUT2D eigenvalue weighted by molar-refractivity contribution is 0.0946. The van der Waals surface area contributed by atoms with E-state index in [1.54, 1.807) is 6.20 Å². The number of amides is 1. The summed E-state index contributed by atoms with van der Waals surface area (Å²) in [5, 5.41) is 3.23. The highest BCUT2D eigenvalue weighted by Gasteiger charge is 2.20. The van der Waals surface area contributed by atoms with Crippen molar-refractivity contribution in [3.8, 4) is 0 Å². The first kappa shape index (κ1) is 6.73. The average Bonchev–Trinajstić information content (AvgIpc) is 2.34. The third-order valence-corrected chi connectivity index (χ3v) is 2.10. The lowest BCUT2D eigenvalue weighted by Gasteiger charge is -2.11. The van der Waals surface area contributed by atoms with Gasteiger partial charge in [0.05, 0.1) is 10.6 Å². The van der Waals surface area contributed by atoms with Gasteiger partial charge in [0.1, 0.15) is 0 Å². The molecule has 0 aliphatic carbocycles. The molecule has 0 spiro atoms. The fourth-order valence-electron chi connectivity index (χ4n) is 1.27. The number of fused-ring (bicyclic) bond motifs is 1. The number of nitrogens with one attached hydrogen (secondary N) is 2. The molecular weight excluding hydrogens is 164 g/mol. The van der Waals surface area contributed by atoms with Gasteiger partial charge in [0, 0.05) is 24.9 Å². The second-order valence-electron chi connectivity index (χ2n) is 2.50. The number of halogens is 1. The molecule has 4 heteroatoms. The minimum atomic E-state index is -0.0718. The van der Waals surface area contributed by atoms with E-state index in [1.165, 1.54) is 0 Å². The molecule has 0 unspecified atom stereocenters. The maximum atomic E-state index is 11.2. The minimum Gasteiger partial charge on any atom is -0.363 e. The summed E-state index contributed by atoms with van der Waals surface area (Å²) in [6.45, 7) is 0.697. The number of rotatable bonds is 0. The molecule has 2 heterocycles. The van der Waals surface area contributed by atoms with Crippen LogP contribution >= 0.6 is 11.6 Å². The summed E-state index contributed by atoms with van der Waals surface area (Å²) in [7, 11) is 0. The van der Waals surface area contributed by atoms with E-state index in [0.29, 0.717) is 17.1 Å². The number of aromatic amines is 1. The third kappa shape index (κ3) is 0.922. The summed E-state index contributed by atoms with van der Waals surface area (Å²) in [4.78, 5) is 14.1. The smallest absolute Gasteiger partial charge is 0.254 e. The van der Waals surface area contributed by atoms with Crippen molar-refractivity contribution in [2.75, 3.05) is 6.54 Å². The van der Waals surface area contributed by atoms with E-state index in [0.717, 1.165) is 12.1 Å². The Morgan fingerprint density at radius 2 is 2.36 bits per heavy atom. The summed E-state index contributed by atoms with van der Waals surface area (Å²) in [6.07, 6.45) is 2.49. The van der Waals surface area contributed by atoms with Crippen molar-refractivity contribution in [1.82, 2.24) is 10.3 Å². The number of carbonyl (C=O) groups excluding carboxylic acids is 1. The van der Waals surface area contributed by atoms with Crippen molar-refractivity contribution >= 4 is 17.5 Å². The molecule has 58 valence electrons. The number of hydrogen-bond acceptors (Lipinski definition) is 1. The fraction of sp³-hybridized carbons (Fsp3) is 0.286. The zero-order valence-corrected chi connectivity index (χ0v) is 6.53. The SMILES string of the molecule is O=C1NCCc2[nH]cc(Cl)c21. The third-order valence-electron chi connectivity index (χ3n) is 1.80. The fourth-order valence-corrected chi connectivity index (χ4v) is 1.53. The molecular formula is C7H7ClN2O. The maximum absolute atomic E-state index is 11.2. The van der Waals surface area contributed by atoms with E-state index in [2.05, 4.69) is 10.3 Å². The summed E-state index contributed by atoms with van der Waals surface area (Å²) >= 11 is 5.76. The van der Waals surface area contributed by atoms with Gasteiger partial charge in [-0.3, -0.25) is 4.79 Å². The van der Waals surface area contributed by atoms with Crippen molar-refractivity contribution < 1.29 is 4.79 Å². The molecule has 1 aliphatic heterocycles. The summed E-state index contributed by atoms with van der Waals surface area (Å²) in [6, 6.07) is 0. The van der Waals surface area contributed by atoms with Gasteiger partial charge >= 0.3 is 0 Å². The van der Waals surface area contributed by atoms with E-state index in [4.69, 9.17) is 11.6 Å². The predicted molar refractivity (Wildman–Crippen MR) is 41.8 cm³/mol. The van der Waals surface area contributed by atoms with Gasteiger partial charge in [0.25, 0.3) is 5.91 Å². The zero-order chi connectivity index (χ0) is 7.84. The highest BCUT2D eigenvalue weighted by molar-refractivity contribution is 6.34. The van der Waals surface area contributed by atoms with Crippen LogP contribution in [0.1, 0.15) is 16.1 Å². The van der Waals surface area contributed by atoms with Crippen LogP contribution in [-0.4, -0.2) is 17.4 Å². The lowest BCUT2D eigenvalue weighted by Crippen LogP contribution is -2.31. The quantitative estimate of drug-likeness (QED) is 0.599. The van der Waals surface area contributed by atoms with Crippen LogP contribution in [0.2, 0.25) is 5.02 Å². The molecule has 0 radical (unpaired) electrons. The van der Waals surface area contributed by atoms with E-state index < -0.39 is 0 Å². The largest absolute Gasteiger partial charge is 0.363 e. The first-order valence-electron chi connectivity index (χ1n) is 3.43. The molecule has 0 saturated carbocycles. The van der Waals surface area contributed by atoms with Crippen LogP contribution in [0.15, 0.2) is 6.20 Å². The molecule has 1 amide bonds. The summed E-state index contributed by atoms with van der Waals surface area (Å²) in [5.74, 6) is -0.0718. The number of carbonyl (C=O) groups is 1. The first-order valence-corrected chi connectivity index (χ1v) is 3.81. The molecule has 1 aromatic rings. The average molecular weight is 171 g/mol. The monoisotopic (exact) mass is 170 g/mol. The predicted octanol–water partition coefficient (Wildman–Crippen LogP) is 0.954. The van der Waals surface area contributed by atoms with Crippen molar-refractivity contribution in [1.29, 1.82) is 0 Å². The molecule has 2 rings (SSSR count). The van der Waals surface area contributed by atoms with Crippen molar-refractivity contribution in [2.24, 2.45) is 0 Å². The van der Waals surface area contributed by atoms with Crippen LogP contribution in [0, 0.1) is 0 Å². The molecule has 0 aromatic carbocycles. The van der Waals surface area contributed by atoms with Crippen LogP contribution in [0.4, 0.5) is 0 Å². The molecule has 0 saturated heterocycles. The Morgan fingerprint density at radius 3 is 3.09 bits per heavy atom. The molecule has 0 fully saturated rings. The number of aromatic nitrogens is 1. The first-order chi connectivity index (χ1) is 5.29. The van der Waals surface area contributed by atoms with Crippen LogP contribution in [0.25, 0.3) is 0 Å². The van der Waals surface area contributed by atoms with Gasteiger partial charge in [-0.05, 0) is 0 Å². The van der Waals surface area contributed by atoms with Gasteiger partial charge in [-0.25, -0.2) is 0 Å². The van der Waals surface area contributed by atoms with Crippen LogP contribution in [-0.2, 0) is 6.42 Å². The number of hydrogen-bond donors (Lipinski definition) is 2. The Kier molecular flexibility index (Phi) is 1.39. The lowest BCUT2D eigenvalue weighted by atomic mass is 10.1. The Labute approximate surface area is 68.7 Å². The molecule has 1 aliphatic rings. The van der Waals surface area contributed by atoms with Gasteiger partial charge in [-0.2, -0.15) is 0 Å². The van der Waals surface area contributed by atoms with Crippen LogP contribution < -0.4 is 5.32 Å². The van der Waals surface area contributed by atoms with Crippen LogP contribution in [0.5, 0.6) is 0 Å². The van der Waals surface area contributed by atoms with E-state index in [-0.39, 0.29) is 5.91 Å². The molecule has 3 nitrogen and oxygen atoms in total. The van der Waals surface area contributed by atoms with Gasteiger partial charge in [0.15, 0.2) is 0 Å². The molecule has 2 N–H and O–H groups in total. The van der Waals surface area contributed by atoms with Gasteiger partial charge in [-0.15, -0.1) is 0 Å². The Morgan fingerprint density at radius 1 is 1.55 bits per heavy atom. The van der Waals surface area contributed by atoms with E-state index in [1.807, 2.05) is 0 Å². The van der Waals surface area contributed by atoms with E-state index in [9.17, 15) is 4.79 Å². The minimum absolute atomic E-state index is 0.0718. The molecule has 0 atom stereocenters. The maximum Gasteiger partial charge on any atom is 0.254 e. The second kappa shape index (κ2) is 2.27. The summed E-state index contributed by atoms with van der Waals surface area (Å²) < 4.78 is 0. The number of H-pyrrole nitrogens is 1. The van der Waals surface area contributed by atoms with Crippen molar-refractivity contribution in [3.63, 3.8) is 0 Å². The highest BCUT2D eigenvalue weighted by Crippen LogP contribution is 2.21.